The van der Waals surface area contributed by atoms with Crippen molar-refractivity contribution >= 4 is 55.6 Å². The molecular formula is C25H28ClN5O4S2. The van der Waals surface area contributed by atoms with Crippen LogP contribution in [-0.4, -0.2) is 56.3 Å². The molecule has 0 aliphatic heterocycles. The van der Waals surface area contributed by atoms with Crippen molar-refractivity contribution in [2.45, 2.75) is 30.3 Å². The van der Waals surface area contributed by atoms with E-state index < -0.39 is 10.0 Å². The molecule has 196 valence electrons. The highest BCUT2D eigenvalue weighted by atomic mass is 35.5. The number of thiophene rings is 1. The van der Waals surface area contributed by atoms with Gasteiger partial charge in [-0.1, -0.05) is 41.9 Å². The van der Waals surface area contributed by atoms with E-state index in [0.29, 0.717) is 34.1 Å². The third-order valence-electron chi connectivity index (χ3n) is 5.95. The van der Waals surface area contributed by atoms with E-state index in [9.17, 15) is 13.2 Å². The van der Waals surface area contributed by atoms with Crippen molar-refractivity contribution in [1.29, 1.82) is 0 Å². The summed E-state index contributed by atoms with van der Waals surface area (Å²) in [7, 11) is 1.35. The lowest BCUT2D eigenvalue weighted by atomic mass is 10.1. The first-order chi connectivity index (χ1) is 17.6. The average Bonchev–Trinajstić information content (AvgIpc) is 3.46. The molecule has 0 spiro atoms. The zero-order chi connectivity index (χ0) is 26.7. The van der Waals surface area contributed by atoms with Crippen molar-refractivity contribution in [3.8, 4) is 5.75 Å². The number of sulfonamides is 1. The summed E-state index contributed by atoms with van der Waals surface area (Å²) in [5.74, 6) is 0.611. The fourth-order valence-corrected chi connectivity index (χ4v) is 6.25. The Kier molecular flexibility index (Phi) is 8.08. The minimum atomic E-state index is -3.89. The van der Waals surface area contributed by atoms with Gasteiger partial charge in [-0.15, -0.1) is 11.3 Å². The van der Waals surface area contributed by atoms with E-state index in [2.05, 4.69) is 15.1 Å². The molecule has 9 nitrogen and oxygen atoms in total. The van der Waals surface area contributed by atoms with E-state index >= 15 is 0 Å². The summed E-state index contributed by atoms with van der Waals surface area (Å²) in [6.45, 7) is 2.63. The molecule has 0 saturated heterocycles. The Bertz CT molecular complexity index is 1530. The van der Waals surface area contributed by atoms with Crippen molar-refractivity contribution in [2.75, 3.05) is 25.9 Å². The predicted molar refractivity (Wildman–Crippen MR) is 147 cm³/mol. The maximum absolute atomic E-state index is 13.0. The van der Waals surface area contributed by atoms with Crippen LogP contribution >= 0.6 is 22.9 Å². The Morgan fingerprint density at radius 3 is 2.57 bits per heavy atom. The molecule has 0 radical (unpaired) electrons. The molecule has 2 heterocycles. The quantitative estimate of drug-likeness (QED) is 0.301. The second-order valence-electron chi connectivity index (χ2n) is 8.70. The minimum Gasteiger partial charge on any atom is -0.496 e. The zero-order valence-corrected chi connectivity index (χ0v) is 23.2. The molecule has 2 N–H and O–H groups in total. The lowest BCUT2D eigenvalue weighted by Crippen LogP contribution is -2.41. The number of carbonyl (C=O) groups excluding carboxylic acids is 1. The second kappa shape index (κ2) is 11.1. The van der Waals surface area contributed by atoms with E-state index in [1.54, 1.807) is 10.7 Å². The summed E-state index contributed by atoms with van der Waals surface area (Å²) in [5, 5.41) is 8.11. The van der Waals surface area contributed by atoms with Gasteiger partial charge in [0.15, 0.2) is 5.82 Å². The van der Waals surface area contributed by atoms with Crippen molar-refractivity contribution in [3.63, 3.8) is 0 Å². The normalized spacial score (nSPS) is 12.6. The highest BCUT2D eigenvalue weighted by Gasteiger charge is 2.23. The second-order valence-corrected chi connectivity index (χ2v) is 12.3. The molecule has 4 aromatic rings. The average molecular weight is 562 g/mol. The third-order valence-corrected chi connectivity index (χ3v) is 9.01. The summed E-state index contributed by atoms with van der Waals surface area (Å²) < 4.78 is 36.3. The number of rotatable bonds is 10. The number of nitrogens with one attached hydrogen (secondary N) is 2. The van der Waals surface area contributed by atoms with Crippen molar-refractivity contribution < 1.29 is 17.9 Å². The molecule has 0 aliphatic carbocycles. The fourth-order valence-electron chi connectivity index (χ4n) is 3.76. The predicted octanol–water partition coefficient (Wildman–Crippen LogP) is 4.18. The Hall–Kier alpha value is -3.12. The number of hydrogen-bond acceptors (Lipinski definition) is 7. The third kappa shape index (κ3) is 6.07. The van der Waals surface area contributed by atoms with E-state index in [1.165, 1.54) is 19.2 Å². The molecule has 2 aromatic heterocycles. The van der Waals surface area contributed by atoms with Crippen LogP contribution < -0.4 is 14.8 Å². The lowest BCUT2D eigenvalue weighted by molar-refractivity contribution is -0.125. The number of hydrogen-bond donors (Lipinski definition) is 2. The number of likely N-dealkylation sites (N-methyl/N-ethyl adjacent to an activating group) is 1. The van der Waals surface area contributed by atoms with Crippen molar-refractivity contribution in [2.24, 2.45) is 0 Å². The Morgan fingerprint density at radius 1 is 1.16 bits per heavy atom. The van der Waals surface area contributed by atoms with E-state index in [0.717, 1.165) is 22.5 Å². The summed E-state index contributed by atoms with van der Waals surface area (Å²) in [5.41, 5.74) is 2.60. The highest BCUT2D eigenvalue weighted by Crippen LogP contribution is 2.35. The van der Waals surface area contributed by atoms with Gasteiger partial charge < -0.3 is 10.1 Å². The molecule has 4 rings (SSSR count). The molecule has 0 aliphatic rings. The van der Waals surface area contributed by atoms with Gasteiger partial charge in [0.05, 0.1) is 34.9 Å². The van der Waals surface area contributed by atoms with Crippen LogP contribution in [0.1, 0.15) is 18.1 Å². The standard InChI is InChI=1S/C25H28ClN5O4S2/c1-16(30(2)3)25(32)27-14-17-7-5-8-18(13-17)15-31-19-9-6-10-20(35-4)23(19)24(28-31)29-37(33,34)22-12-11-21(26)36-22/h5-13,16H,14-15H2,1-4H3,(H,27,32)(H,28,29)/t16-/m0/s1. The van der Waals surface area contributed by atoms with Gasteiger partial charge in [-0.25, -0.2) is 8.42 Å². The zero-order valence-electron chi connectivity index (χ0n) is 20.9. The van der Waals surface area contributed by atoms with Crippen LogP contribution in [-0.2, 0) is 27.9 Å². The van der Waals surface area contributed by atoms with Crippen LogP contribution in [0.25, 0.3) is 10.9 Å². The molecule has 0 saturated carbocycles. The van der Waals surface area contributed by atoms with Gasteiger partial charge in [0, 0.05) is 6.54 Å². The summed E-state index contributed by atoms with van der Waals surface area (Å²) in [6, 6.07) is 16.0. The number of aromatic nitrogens is 2. The van der Waals surface area contributed by atoms with Gasteiger partial charge >= 0.3 is 0 Å². The van der Waals surface area contributed by atoms with Gasteiger partial charge in [-0.2, -0.15) is 5.10 Å². The number of amides is 1. The van der Waals surface area contributed by atoms with Gasteiger partial charge in [0.25, 0.3) is 10.0 Å². The molecule has 0 unspecified atom stereocenters. The van der Waals surface area contributed by atoms with E-state index in [4.69, 9.17) is 16.3 Å². The number of carbonyl (C=O) groups is 1. The monoisotopic (exact) mass is 561 g/mol. The largest absolute Gasteiger partial charge is 0.496 e. The van der Waals surface area contributed by atoms with E-state index in [-0.39, 0.29) is 22.0 Å². The molecule has 0 bridgehead atoms. The number of nitrogens with zero attached hydrogens (tertiary/aromatic N) is 3. The molecule has 12 heteroatoms. The fraction of sp³-hybridized carbons (Fsp3) is 0.280. The number of fused-ring (bicyclic) bond motifs is 1. The maximum Gasteiger partial charge on any atom is 0.272 e. The summed E-state index contributed by atoms with van der Waals surface area (Å²) >= 11 is 6.92. The molecular weight excluding hydrogens is 534 g/mol. The van der Waals surface area contributed by atoms with Crippen LogP contribution in [0.15, 0.2) is 58.8 Å². The Labute approximate surface area is 225 Å². The van der Waals surface area contributed by atoms with Gasteiger partial charge in [0.2, 0.25) is 5.91 Å². The Balaban J connectivity index is 1.62. The first kappa shape index (κ1) is 26.9. The van der Waals surface area contributed by atoms with Crippen LogP contribution in [0.5, 0.6) is 5.75 Å². The Morgan fingerprint density at radius 2 is 1.89 bits per heavy atom. The molecule has 2 aromatic carbocycles. The minimum absolute atomic E-state index is 0.0514. The SMILES string of the molecule is COc1cccc2c1c(NS(=O)(=O)c1ccc(Cl)s1)nn2Cc1cccc(CNC(=O)[C@H](C)N(C)C)c1. The van der Waals surface area contributed by atoms with Gasteiger partial charge in [-0.05, 0) is 56.4 Å². The van der Waals surface area contributed by atoms with Crippen LogP contribution in [0.2, 0.25) is 4.34 Å². The van der Waals surface area contributed by atoms with Crippen molar-refractivity contribution in [3.05, 3.63) is 70.1 Å². The van der Waals surface area contributed by atoms with Gasteiger partial charge in [-0.3, -0.25) is 19.1 Å². The van der Waals surface area contributed by atoms with E-state index in [1.807, 2.05) is 62.3 Å². The van der Waals surface area contributed by atoms with Crippen molar-refractivity contribution in [1.82, 2.24) is 20.0 Å². The number of halogens is 1. The summed E-state index contributed by atoms with van der Waals surface area (Å²) in [6.07, 6.45) is 0. The molecule has 1 atom stereocenters. The first-order valence-corrected chi connectivity index (χ1v) is 14.1. The topological polar surface area (TPSA) is 106 Å². The highest BCUT2D eigenvalue weighted by molar-refractivity contribution is 7.94. The van der Waals surface area contributed by atoms with Crippen LogP contribution in [0.3, 0.4) is 0 Å². The smallest absolute Gasteiger partial charge is 0.272 e. The lowest BCUT2D eigenvalue weighted by Gasteiger charge is -2.19. The molecule has 1 amide bonds. The molecule has 0 fully saturated rings. The first-order valence-electron chi connectivity index (χ1n) is 11.4. The van der Waals surface area contributed by atoms with Crippen LogP contribution in [0, 0.1) is 0 Å². The van der Waals surface area contributed by atoms with Gasteiger partial charge in [0.1, 0.15) is 9.96 Å². The summed E-state index contributed by atoms with van der Waals surface area (Å²) in [4.78, 5) is 14.2. The number of methoxy groups -OCH3 is 1. The number of anilines is 1. The molecule has 37 heavy (non-hydrogen) atoms. The maximum atomic E-state index is 13.0. The number of ether oxygens (including phenoxy) is 1. The van der Waals surface area contributed by atoms with Crippen LogP contribution in [0.4, 0.5) is 5.82 Å². The number of benzene rings is 2.